The van der Waals surface area contributed by atoms with E-state index in [0.29, 0.717) is 0 Å². The highest BCUT2D eigenvalue weighted by Crippen LogP contribution is 2.55. The standard InChI is InChI=1S/C53H35N2OP/c56-57(43-18-8-3-9-19-43)51-23-13-11-21-45(51)47-33-32-46-44-20-10-12-22-50(44)55(52(46)53(47)57)42-30-28-40(29-31-42)49-35-41(34-48(54-49)39-16-6-2-7-17-39)38-26-24-37(25-27-38)36-14-4-1-5-15-36/h1-35H. The summed E-state index contributed by atoms with van der Waals surface area (Å²) in [5, 5.41) is 4.90. The number of hydrogen-bond acceptors (Lipinski definition) is 2. The summed E-state index contributed by atoms with van der Waals surface area (Å²) in [6.45, 7) is 0. The van der Waals surface area contributed by atoms with Crippen LogP contribution in [-0.4, -0.2) is 9.55 Å². The normalized spacial score (nSPS) is 14.5. The lowest BCUT2D eigenvalue weighted by molar-refractivity contribution is 0.593. The molecule has 4 heteroatoms. The first-order valence-corrected chi connectivity index (χ1v) is 21.0. The molecule has 11 rings (SSSR count). The highest BCUT2D eigenvalue weighted by molar-refractivity contribution is 7.86. The average Bonchev–Trinajstić information content (AvgIpc) is 3.77. The van der Waals surface area contributed by atoms with Gasteiger partial charge in [-0.25, -0.2) is 4.98 Å². The SMILES string of the molecule is O=P1(c2ccccc2)c2ccccc2-c2ccc3c4ccccc4n(-c4ccc(-c5cc(-c6ccc(-c7ccccc7)cc6)cc(-c6ccccc6)n5)cc4)c3c21. The van der Waals surface area contributed by atoms with Crippen LogP contribution >= 0.6 is 7.14 Å². The third-order valence-corrected chi connectivity index (χ3v) is 14.6. The zero-order chi connectivity index (χ0) is 37.9. The van der Waals surface area contributed by atoms with Crippen LogP contribution in [0.2, 0.25) is 0 Å². The van der Waals surface area contributed by atoms with Crippen LogP contribution in [-0.2, 0) is 4.57 Å². The number of pyridine rings is 1. The number of para-hydroxylation sites is 1. The van der Waals surface area contributed by atoms with Crippen LogP contribution in [0.25, 0.3) is 83.4 Å². The summed E-state index contributed by atoms with van der Waals surface area (Å²) in [6, 6.07) is 73.9. The molecule has 3 nitrogen and oxygen atoms in total. The van der Waals surface area contributed by atoms with E-state index in [1.54, 1.807) is 0 Å². The highest BCUT2D eigenvalue weighted by atomic mass is 31.2. The van der Waals surface area contributed by atoms with Gasteiger partial charge >= 0.3 is 0 Å². The van der Waals surface area contributed by atoms with Gasteiger partial charge in [0.25, 0.3) is 0 Å². The predicted molar refractivity (Wildman–Crippen MR) is 239 cm³/mol. The topological polar surface area (TPSA) is 34.9 Å². The first kappa shape index (κ1) is 33.3. The number of fused-ring (bicyclic) bond motifs is 7. The molecule has 0 amide bonds. The molecule has 57 heavy (non-hydrogen) atoms. The predicted octanol–water partition coefficient (Wildman–Crippen LogP) is 12.5. The second-order valence-electron chi connectivity index (χ2n) is 14.7. The van der Waals surface area contributed by atoms with Gasteiger partial charge in [-0.1, -0.05) is 182 Å². The first-order chi connectivity index (χ1) is 28.1. The van der Waals surface area contributed by atoms with Gasteiger partial charge in [0, 0.05) is 38.2 Å². The number of aromatic nitrogens is 2. The van der Waals surface area contributed by atoms with Crippen molar-refractivity contribution in [1.82, 2.24) is 9.55 Å². The van der Waals surface area contributed by atoms with Crippen molar-refractivity contribution in [3.05, 3.63) is 212 Å². The Bertz CT molecular complexity index is 3170. The molecular formula is C53H35N2OP. The van der Waals surface area contributed by atoms with Gasteiger partial charge in [-0.05, 0) is 63.7 Å². The second kappa shape index (κ2) is 13.3. The van der Waals surface area contributed by atoms with Crippen molar-refractivity contribution in [2.75, 3.05) is 0 Å². The fourth-order valence-electron chi connectivity index (χ4n) is 8.72. The summed E-state index contributed by atoms with van der Waals surface area (Å²) in [5.41, 5.74) is 13.7. The molecule has 1 atom stereocenters. The Hall–Kier alpha value is -7.06. The minimum Gasteiger partial charge on any atom is -0.309 e. The lowest BCUT2D eigenvalue weighted by Gasteiger charge is -2.19. The molecule has 0 saturated heterocycles. The number of rotatable bonds is 6. The van der Waals surface area contributed by atoms with E-state index in [1.807, 2.05) is 54.6 Å². The largest absolute Gasteiger partial charge is 0.309 e. The van der Waals surface area contributed by atoms with Crippen molar-refractivity contribution >= 4 is 44.9 Å². The van der Waals surface area contributed by atoms with Gasteiger partial charge in [0.2, 0.25) is 0 Å². The lowest BCUT2D eigenvalue weighted by atomic mass is 9.97. The van der Waals surface area contributed by atoms with Crippen LogP contribution in [0.4, 0.5) is 0 Å². The quantitative estimate of drug-likeness (QED) is 0.159. The Morgan fingerprint density at radius 1 is 0.404 bits per heavy atom. The zero-order valence-corrected chi connectivity index (χ0v) is 31.9. The maximum atomic E-state index is 15.9. The molecule has 0 aliphatic carbocycles. The van der Waals surface area contributed by atoms with E-state index in [4.69, 9.17) is 4.98 Å². The van der Waals surface area contributed by atoms with Crippen molar-refractivity contribution in [2.45, 2.75) is 0 Å². The van der Waals surface area contributed by atoms with E-state index >= 15 is 4.57 Å². The average molecular weight is 747 g/mol. The molecule has 1 unspecified atom stereocenters. The van der Waals surface area contributed by atoms with Crippen molar-refractivity contribution in [2.24, 2.45) is 0 Å². The summed E-state index contributed by atoms with van der Waals surface area (Å²) in [7, 11) is -3.23. The Kier molecular flexibility index (Phi) is 7.77. The summed E-state index contributed by atoms with van der Waals surface area (Å²) in [6.07, 6.45) is 0. The smallest absolute Gasteiger partial charge is 0.174 e. The first-order valence-electron chi connectivity index (χ1n) is 19.3. The molecule has 1 aliphatic rings. The molecule has 2 aromatic heterocycles. The molecule has 0 fully saturated rings. The zero-order valence-electron chi connectivity index (χ0n) is 31.0. The van der Waals surface area contributed by atoms with Crippen LogP contribution in [0.1, 0.15) is 0 Å². The summed E-state index contributed by atoms with van der Waals surface area (Å²) < 4.78 is 18.3. The second-order valence-corrected chi connectivity index (χ2v) is 17.3. The minimum absolute atomic E-state index is 0.853. The summed E-state index contributed by atoms with van der Waals surface area (Å²) in [5.74, 6) is 0. The number of nitrogens with zero attached hydrogens (tertiary/aromatic N) is 2. The molecule has 0 bridgehead atoms. The Morgan fingerprint density at radius 3 is 1.63 bits per heavy atom. The van der Waals surface area contributed by atoms with Crippen molar-refractivity contribution in [3.63, 3.8) is 0 Å². The molecule has 8 aromatic carbocycles. The molecule has 0 spiro atoms. The maximum absolute atomic E-state index is 15.9. The van der Waals surface area contributed by atoms with Crippen molar-refractivity contribution < 1.29 is 4.57 Å². The summed E-state index contributed by atoms with van der Waals surface area (Å²) in [4.78, 5) is 5.24. The Labute approximate surface area is 331 Å². The van der Waals surface area contributed by atoms with Gasteiger partial charge in [-0.3, -0.25) is 0 Å². The lowest BCUT2D eigenvalue weighted by Crippen LogP contribution is -2.22. The van der Waals surface area contributed by atoms with E-state index in [-0.39, 0.29) is 0 Å². The van der Waals surface area contributed by atoms with Crippen LogP contribution in [0.3, 0.4) is 0 Å². The van der Waals surface area contributed by atoms with Crippen LogP contribution < -0.4 is 15.9 Å². The van der Waals surface area contributed by atoms with Crippen LogP contribution in [0.5, 0.6) is 0 Å². The molecular weight excluding hydrogens is 712 g/mol. The van der Waals surface area contributed by atoms with Crippen LogP contribution in [0, 0.1) is 0 Å². The third-order valence-electron chi connectivity index (χ3n) is 11.4. The van der Waals surface area contributed by atoms with Gasteiger partial charge in [0.05, 0.1) is 27.7 Å². The Balaban J connectivity index is 1.08. The van der Waals surface area contributed by atoms with Crippen molar-refractivity contribution in [3.8, 4) is 61.6 Å². The van der Waals surface area contributed by atoms with E-state index in [1.165, 1.54) is 11.1 Å². The number of benzene rings is 8. The molecule has 268 valence electrons. The fraction of sp³-hybridized carbons (Fsp3) is 0. The van der Waals surface area contributed by atoms with E-state index < -0.39 is 7.14 Å². The van der Waals surface area contributed by atoms with E-state index in [9.17, 15) is 0 Å². The van der Waals surface area contributed by atoms with E-state index in [0.717, 1.165) is 88.2 Å². The van der Waals surface area contributed by atoms with Gasteiger partial charge in [0.15, 0.2) is 7.14 Å². The fourth-order valence-corrected chi connectivity index (χ4v) is 12.0. The van der Waals surface area contributed by atoms with Gasteiger partial charge < -0.3 is 9.13 Å². The minimum atomic E-state index is -3.23. The molecule has 0 saturated carbocycles. The Morgan fingerprint density at radius 2 is 0.930 bits per heavy atom. The summed E-state index contributed by atoms with van der Waals surface area (Å²) >= 11 is 0. The molecule has 0 radical (unpaired) electrons. The highest BCUT2D eigenvalue weighted by Gasteiger charge is 2.42. The van der Waals surface area contributed by atoms with Gasteiger partial charge in [0.1, 0.15) is 0 Å². The van der Waals surface area contributed by atoms with Crippen LogP contribution in [0.15, 0.2) is 212 Å². The van der Waals surface area contributed by atoms with Gasteiger partial charge in [-0.2, -0.15) is 0 Å². The molecule has 0 N–H and O–H groups in total. The molecule has 10 aromatic rings. The maximum Gasteiger partial charge on any atom is 0.174 e. The third kappa shape index (κ3) is 5.35. The molecule has 3 heterocycles. The molecule has 1 aliphatic heterocycles. The van der Waals surface area contributed by atoms with E-state index in [2.05, 4.69) is 162 Å². The monoisotopic (exact) mass is 746 g/mol. The van der Waals surface area contributed by atoms with Crippen molar-refractivity contribution in [1.29, 1.82) is 0 Å². The number of hydrogen-bond donors (Lipinski definition) is 0. The van der Waals surface area contributed by atoms with Gasteiger partial charge in [-0.15, -0.1) is 0 Å².